The maximum Gasteiger partial charge on any atom is 0.331 e. The SMILES string of the molecule is O=C(/C=C/c1ccc(O)cc1)O[C@H]1[C@H](Oc2cc(O)cc(O)c2)O[C@H](CO)[C@@H](O)[C@@H]1O. The van der Waals surface area contributed by atoms with Gasteiger partial charge in [0.05, 0.1) is 6.61 Å². The molecule has 3 rings (SSSR count). The van der Waals surface area contributed by atoms with E-state index in [1.165, 1.54) is 18.2 Å². The summed E-state index contributed by atoms with van der Waals surface area (Å²) in [5, 5.41) is 58.4. The Bertz CT molecular complexity index is 906. The van der Waals surface area contributed by atoms with Crippen molar-refractivity contribution >= 4 is 12.0 Å². The van der Waals surface area contributed by atoms with Crippen LogP contribution in [-0.2, 0) is 14.3 Å². The molecule has 31 heavy (non-hydrogen) atoms. The van der Waals surface area contributed by atoms with Gasteiger partial charge in [-0.2, -0.15) is 0 Å². The van der Waals surface area contributed by atoms with Crippen LogP contribution in [0.4, 0.5) is 0 Å². The number of benzene rings is 2. The largest absolute Gasteiger partial charge is 0.508 e. The van der Waals surface area contributed by atoms with Crippen LogP contribution in [-0.4, -0.2) is 73.9 Å². The number of hydrogen-bond acceptors (Lipinski definition) is 10. The first-order valence-electron chi connectivity index (χ1n) is 9.26. The zero-order chi connectivity index (χ0) is 22.5. The molecule has 1 aliphatic rings. The van der Waals surface area contributed by atoms with E-state index in [0.717, 1.165) is 24.3 Å². The minimum Gasteiger partial charge on any atom is -0.508 e. The second-order valence-electron chi connectivity index (χ2n) is 6.84. The third-order valence-corrected chi connectivity index (χ3v) is 4.51. The van der Waals surface area contributed by atoms with Gasteiger partial charge in [0.25, 0.3) is 0 Å². The highest BCUT2D eigenvalue weighted by Crippen LogP contribution is 2.30. The van der Waals surface area contributed by atoms with E-state index in [2.05, 4.69) is 0 Å². The van der Waals surface area contributed by atoms with E-state index < -0.39 is 43.3 Å². The summed E-state index contributed by atoms with van der Waals surface area (Å²) in [4.78, 5) is 12.3. The zero-order valence-corrected chi connectivity index (χ0v) is 16.1. The molecule has 10 nitrogen and oxygen atoms in total. The van der Waals surface area contributed by atoms with E-state index in [-0.39, 0.29) is 23.0 Å². The van der Waals surface area contributed by atoms with Gasteiger partial charge in [0.1, 0.15) is 41.3 Å². The first kappa shape index (κ1) is 22.4. The van der Waals surface area contributed by atoms with Crippen molar-refractivity contribution in [1.29, 1.82) is 0 Å². The highest BCUT2D eigenvalue weighted by atomic mass is 16.7. The fourth-order valence-electron chi connectivity index (χ4n) is 2.97. The Hall–Kier alpha value is -3.31. The van der Waals surface area contributed by atoms with Crippen LogP contribution in [0.15, 0.2) is 48.5 Å². The molecule has 0 spiro atoms. The molecular weight excluding hydrogens is 412 g/mol. The molecule has 5 atom stereocenters. The van der Waals surface area contributed by atoms with Crippen molar-refractivity contribution in [3.63, 3.8) is 0 Å². The van der Waals surface area contributed by atoms with Gasteiger partial charge in [-0.05, 0) is 23.8 Å². The highest BCUT2D eigenvalue weighted by molar-refractivity contribution is 5.87. The lowest BCUT2D eigenvalue weighted by atomic mass is 9.99. The number of esters is 1. The summed E-state index contributed by atoms with van der Waals surface area (Å²) in [5.74, 6) is -1.51. The van der Waals surface area contributed by atoms with Crippen molar-refractivity contribution in [3.8, 4) is 23.0 Å². The van der Waals surface area contributed by atoms with Gasteiger partial charge in [0, 0.05) is 24.3 Å². The van der Waals surface area contributed by atoms with E-state index in [1.54, 1.807) is 12.1 Å². The number of carbonyl (C=O) groups is 1. The Balaban J connectivity index is 1.77. The predicted octanol–water partition coefficient (Wildman–Crippen LogP) is 0.246. The average molecular weight is 434 g/mol. The molecule has 1 saturated heterocycles. The predicted molar refractivity (Wildman–Crippen MR) is 105 cm³/mol. The molecule has 0 amide bonds. The van der Waals surface area contributed by atoms with Crippen LogP contribution in [0, 0.1) is 0 Å². The number of phenolic OH excluding ortho intramolecular Hbond substituents is 3. The lowest BCUT2D eigenvalue weighted by Crippen LogP contribution is -2.61. The summed E-state index contributed by atoms with van der Waals surface area (Å²) in [6.07, 6.45) is -4.95. The van der Waals surface area contributed by atoms with Gasteiger partial charge in [-0.3, -0.25) is 0 Å². The first-order valence-corrected chi connectivity index (χ1v) is 9.26. The second kappa shape index (κ2) is 9.67. The third kappa shape index (κ3) is 5.64. The monoisotopic (exact) mass is 434 g/mol. The Morgan fingerprint density at radius 3 is 2.23 bits per heavy atom. The maximum atomic E-state index is 12.3. The molecule has 1 heterocycles. The molecule has 166 valence electrons. The van der Waals surface area contributed by atoms with Gasteiger partial charge < -0.3 is 44.8 Å². The number of rotatable bonds is 6. The summed E-state index contributed by atoms with van der Waals surface area (Å²) in [5.41, 5.74) is 0.596. The van der Waals surface area contributed by atoms with E-state index >= 15 is 0 Å². The Labute approximate surface area is 176 Å². The molecule has 2 aromatic rings. The molecule has 1 fully saturated rings. The standard InChI is InChI=1S/C21H22O10/c22-10-16-18(27)19(28)20(21(30-16)29-15-8-13(24)7-14(25)9-15)31-17(26)6-3-11-1-4-12(23)5-2-11/h1-9,16,18-25,27-28H,10H2/b6-3+/t16-,18-,19+,20-,21-/m1/s1. The van der Waals surface area contributed by atoms with Gasteiger partial charge in [0.15, 0.2) is 6.10 Å². The van der Waals surface area contributed by atoms with Crippen LogP contribution in [0.2, 0.25) is 0 Å². The Kier molecular flexibility index (Phi) is 6.98. The van der Waals surface area contributed by atoms with E-state index in [4.69, 9.17) is 14.2 Å². The van der Waals surface area contributed by atoms with Gasteiger partial charge in [-0.15, -0.1) is 0 Å². The average Bonchev–Trinajstić information content (AvgIpc) is 2.72. The van der Waals surface area contributed by atoms with Crippen molar-refractivity contribution in [3.05, 3.63) is 54.1 Å². The fourth-order valence-corrected chi connectivity index (χ4v) is 2.97. The van der Waals surface area contributed by atoms with Crippen molar-refractivity contribution in [2.24, 2.45) is 0 Å². The van der Waals surface area contributed by atoms with Crippen LogP contribution in [0.5, 0.6) is 23.0 Å². The van der Waals surface area contributed by atoms with E-state index in [1.807, 2.05) is 0 Å². The van der Waals surface area contributed by atoms with Gasteiger partial charge in [-0.25, -0.2) is 4.79 Å². The minimum absolute atomic E-state index is 0.0626. The molecule has 0 aromatic heterocycles. The highest BCUT2D eigenvalue weighted by Gasteiger charge is 2.47. The molecule has 0 bridgehead atoms. The lowest BCUT2D eigenvalue weighted by Gasteiger charge is -2.41. The third-order valence-electron chi connectivity index (χ3n) is 4.51. The number of carbonyl (C=O) groups excluding carboxylic acids is 1. The normalized spacial score (nSPS) is 26.0. The number of hydrogen-bond donors (Lipinski definition) is 6. The van der Waals surface area contributed by atoms with Gasteiger partial charge in [0.2, 0.25) is 6.29 Å². The maximum absolute atomic E-state index is 12.3. The summed E-state index contributed by atoms with van der Waals surface area (Å²) in [6.45, 7) is -0.648. The van der Waals surface area contributed by atoms with Crippen molar-refractivity contribution in [2.45, 2.75) is 30.7 Å². The number of aliphatic hydroxyl groups excluding tert-OH is 3. The topological polar surface area (TPSA) is 166 Å². The Morgan fingerprint density at radius 2 is 1.61 bits per heavy atom. The van der Waals surface area contributed by atoms with E-state index in [9.17, 15) is 35.4 Å². The molecule has 0 aliphatic carbocycles. The van der Waals surface area contributed by atoms with Crippen LogP contribution in [0.25, 0.3) is 6.08 Å². The summed E-state index contributed by atoms with van der Waals surface area (Å²) in [7, 11) is 0. The number of aromatic hydroxyl groups is 3. The van der Waals surface area contributed by atoms with Crippen LogP contribution in [0.3, 0.4) is 0 Å². The van der Waals surface area contributed by atoms with Gasteiger partial charge in [-0.1, -0.05) is 12.1 Å². The van der Waals surface area contributed by atoms with Crippen LogP contribution in [0.1, 0.15) is 5.56 Å². The van der Waals surface area contributed by atoms with Crippen molar-refractivity contribution < 1.29 is 49.6 Å². The molecule has 2 aromatic carbocycles. The first-order chi connectivity index (χ1) is 14.8. The number of phenols is 3. The van der Waals surface area contributed by atoms with Crippen LogP contribution >= 0.6 is 0 Å². The molecule has 0 radical (unpaired) electrons. The zero-order valence-electron chi connectivity index (χ0n) is 16.1. The quantitative estimate of drug-likeness (QED) is 0.274. The molecule has 0 saturated carbocycles. The van der Waals surface area contributed by atoms with Crippen LogP contribution < -0.4 is 4.74 Å². The van der Waals surface area contributed by atoms with Crippen molar-refractivity contribution in [2.75, 3.05) is 6.61 Å². The molecular formula is C21H22O10. The summed E-state index contributed by atoms with van der Waals surface area (Å²) >= 11 is 0. The van der Waals surface area contributed by atoms with Gasteiger partial charge >= 0.3 is 5.97 Å². The van der Waals surface area contributed by atoms with E-state index in [0.29, 0.717) is 5.56 Å². The summed E-state index contributed by atoms with van der Waals surface area (Å²) in [6, 6.07) is 9.36. The van der Waals surface area contributed by atoms with Crippen molar-refractivity contribution in [1.82, 2.24) is 0 Å². The molecule has 1 aliphatic heterocycles. The molecule has 0 unspecified atom stereocenters. The minimum atomic E-state index is -1.66. The smallest absolute Gasteiger partial charge is 0.331 e. The molecule has 10 heteroatoms. The fraction of sp³-hybridized carbons (Fsp3) is 0.286. The Morgan fingerprint density at radius 1 is 0.968 bits per heavy atom. The number of ether oxygens (including phenoxy) is 3. The number of aliphatic hydroxyl groups is 3. The lowest BCUT2D eigenvalue weighted by molar-refractivity contribution is -0.281. The summed E-state index contributed by atoms with van der Waals surface area (Å²) < 4.78 is 16.1. The second-order valence-corrected chi connectivity index (χ2v) is 6.84. The molecule has 6 N–H and O–H groups in total.